The third kappa shape index (κ3) is 1.63. The molecule has 0 radical (unpaired) electrons. The van der Waals surface area contributed by atoms with Gasteiger partial charge in [-0.1, -0.05) is 30.3 Å². The van der Waals surface area contributed by atoms with E-state index in [0.29, 0.717) is 6.42 Å². The van der Waals surface area contributed by atoms with Crippen LogP contribution < -0.4 is 21.7 Å². The maximum atomic E-state index is 11.2. The minimum atomic E-state index is -0.906. The van der Waals surface area contributed by atoms with E-state index >= 15 is 0 Å². The first-order chi connectivity index (χ1) is 7.61. The highest BCUT2D eigenvalue weighted by molar-refractivity contribution is 5.39. The van der Waals surface area contributed by atoms with Crippen molar-refractivity contribution in [2.24, 2.45) is 0 Å². The zero-order chi connectivity index (χ0) is 11.7. The van der Waals surface area contributed by atoms with Gasteiger partial charge in [0.05, 0.1) is 5.56 Å². The first-order valence-corrected chi connectivity index (χ1v) is 4.98. The molecule has 0 aromatic heterocycles. The van der Waals surface area contributed by atoms with Crippen molar-refractivity contribution in [2.45, 2.75) is 12.5 Å². The summed E-state index contributed by atoms with van der Waals surface area (Å²) in [4.78, 5) is 21.9. The summed E-state index contributed by atoms with van der Waals surface area (Å²) in [6, 6.07) is 9.00. The molecule has 16 heavy (non-hydrogen) atoms. The largest absolute Gasteiger partial charge is 0.869 e. The van der Waals surface area contributed by atoms with Crippen LogP contribution in [0, 0.1) is 0 Å². The van der Waals surface area contributed by atoms with Crippen LogP contribution in [0.2, 0.25) is 0 Å². The Labute approximate surface area is 91.7 Å². The highest BCUT2D eigenvalue weighted by Crippen LogP contribution is 2.16. The second kappa shape index (κ2) is 3.90. The minimum Gasteiger partial charge on any atom is -0.869 e. The standard InChI is InChI=1S/C12H11NO3/c13-8(6-7-4-2-1-3-5-7)9-10(14)12(16)11(9)15/h1-5,8,14H,6,13H2. The van der Waals surface area contributed by atoms with Crippen molar-refractivity contribution < 1.29 is 10.8 Å². The Morgan fingerprint density at radius 3 is 2.31 bits per heavy atom. The van der Waals surface area contributed by atoms with Crippen molar-refractivity contribution in [3.8, 4) is 5.75 Å². The third-order valence-electron chi connectivity index (χ3n) is 2.63. The molecule has 0 bridgehead atoms. The number of benzene rings is 1. The molecule has 2 rings (SSSR count). The zero-order valence-electron chi connectivity index (χ0n) is 8.60. The van der Waals surface area contributed by atoms with E-state index in [9.17, 15) is 14.7 Å². The summed E-state index contributed by atoms with van der Waals surface area (Å²) in [5.41, 5.74) is 3.23. The van der Waals surface area contributed by atoms with Crippen LogP contribution in [-0.2, 0) is 6.42 Å². The molecule has 4 heteroatoms. The molecule has 82 valence electrons. The molecule has 0 amide bonds. The van der Waals surface area contributed by atoms with E-state index in [4.69, 9.17) is 0 Å². The molecule has 2 aromatic rings. The van der Waals surface area contributed by atoms with Gasteiger partial charge < -0.3 is 10.8 Å². The Kier molecular flexibility index (Phi) is 2.58. The molecule has 0 aliphatic rings. The third-order valence-corrected chi connectivity index (χ3v) is 2.63. The molecular formula is C12H11NO3. The van der Waals surface area contributed by atoms with E-state index in [2.05, 4.69) is 5.73 Å². The van der Waals surface area contributed by atoms with Crippen LogP contribution in [0.5, 0.6) is 5.75 Å². The lowest BCUT2D eigenvalue weighted by Crippen LogP contribution is -2.59. The van der Waals surface area contributed by atoms with Gasteiger partial charge in [0.1, 0.15) is 6.04 Å². The van der Waals surface area contributed by atoms with Crippen molar-refractivity contribution in [1.29, 1.82) is 0 Å². The maximum Gasteiger partial charge on any atom is 0.233 e. The molecule has 0 aliphatic carbocycles. The Balaban J connectivity index is 2.20. The predicted molar refractivity (Wildman–Crippen MR) is 56.6 cm³/mol. The fraction of sp³-hybridized carbons (Fsp3) is 0.167. The van der Waals surface area contributed by atoms with Crippen LogP contribution in [0.1, 0.15) is 17.2 Å². The van der Waals surface area contributed by atoms with Gasteiger partial charge in [-0.3, -0.25) is 9.59 Å². The number of hydrogen-bond acceptors (Lipinski definition) is 3. The van der Waals surface area contributed by atoms with Gasteiger partial charge in [-0.25, -0.2) is 0 Å². The molecule has 0 saturated carbocycles. The summed E-state index contributed by atoms with van der Waals surface area (Å²) < 4.78 is 0. The zero-order valence-corrected chi connectivity index (χ0v) is 8.60. The van der Waals surface area contributed by atoms with Gasteiger partial charge >= 0.3 is 0 Å². The average Bonchev–Trinajstić information content (AvgIpc) is 2.30. The lowest BCUT2D eigenvalue weighted by molar-refractivity contribution is -0.429. The number of rotatable bonds is 3. The normalized spacial score (nSPS) is 12.8. The maximum absolute atomic E-state index is 11.2. The SMILES string of the molecule is [NH3+]C(Cc1ccccc1)c1c([O-])c(=O)c1=O. The lowest BCUT2D eigenvalue weighted by Gasteiger charge is -2.17. The van der Waals surface area contributed by atoms with Gasteiger partial charge in [0.25, 0.3) is 0 Å². The van der Waals surface area contributed by atoms with Crippen LogP contribution in [0.3, 0.4) is 0 Å². The van der Waals surface area contributed by atoms with Gasteiger partial charge in [-0.05, 0) is 11.3 Å². The molecule has 1 atom stereocenters. The lowest BCUT2D eigenvalue weighted by atomic mass is 9.95. The van der Waals surface area contributed by atoms with Crippen LogP contribution in [0.15, 0.2) is 39.9 Å². The summed E-state index contributed by atoms with van der Waals surface area (Å²) in [5, 5.41) is 11.2. The Bertz CT molecular complexity index is 567. The highest BCUT2D eigenvalue weighted by atomic mass is 16.3. The topological polar surface area (TPSA) is 84.8 Å². The summed E-state index contributed by atoms with van der Waals surface area (Å²) in [7, 11) is 0. The second-order valence-corrected chi connectivity index (χ2v) is 3.79. The van der Waals surface area contributed by atoms with Gasteiger partial charge in [-0.2, -0.15) is 0 Å². The molecule has 0 saturated heterocycles. The van der Waals surface area contributed by atoms with E-state index in [1.54, 1.807) is 0 Å². The summed E-state index contributed by atoms with van der Waals surface area (Å²) in [5.74, 6) is -0.666. The van der Waals surface area contributed by atoms with Crippen molar-refractivity contribution in [2.75, 3.05) is 0 Å². The first kappa shape index (κ1) is 10.6. The van der Waals surface area contributed by atoms with E-state index < -0.39 is 22.6 Å². The summed E-state index contributed by atoms with van der Waals surface area (Å²) >= 11 is 0. The molecule has 2 aromatic carbocycles. The molecular weight excluding hydrogens is 206 g/mol. The number of hydrogen-bond donors (Lipinski definition) is 1. The van der Waals surface area contributed by atoms with Gasteiger partial charge in [0.15, 0.2) is 0 Å². The summed E-state index contributed by atoms with van der Waals surface area (Å²) in [6.07, 6.45) is 0.501. The Morgan fingerprint density at radius 1 is 1.12 bits per heavy atom. The van der Waals surface area contributed by atoms with Crippen molar-refractivity contribution in [3.05, 3.63) is 61.9 Å². The van der Waals surface area contributed by atoms with Crippen LogP contribution in [0.25, 0.3) is 0 Å². The van der Waals surface area contributed by atoms with Crippen LogP contribution >= 0.6 is 0 Å². The van der Waals surface area contributed by atoms with E-state index in [-0.39, 0.29) is 5.56 Å². The molecule has 1 unspecified atom stereocenters. The minimum absolute atomic E-state index is 0.0499. The smallest absolute Gasteiger partial charge is 0.233 e. The molecule has 4 nitrogen and oxygen atoms in total. The van der Waals surface area contributed by atoms with Gasteiger partial charge in [-0.15, -0.1) is 0 Å². The molecule has 0 fully saturated rings. The van der Waals surface area contributed by atoms with Crippen LogP contribution in [0.4, 0.5) is 0 Å². The second-order valence-electron chi connectivity index (χ2n) is 3.79. The predicted octanol–water partition coefficient (Wildman–Crippen LogP) is -1.12. The highest BCUT2D eigenvalue weighted by Gasteiger charge is 2.22. The quantitative estimate of drug-likeness (QED) is 0.661. The van der Waals surface area contributed by atoms with Crippen molar-refractivity contribution in [1.82, 2.24) is 0 Å². The monoisotopic (exact) mass is 217 g/mol. The van der Waals surface area contributed by atoms with E-state index in [1.807, 2.05) is 30.3 Å². The molecule has 0 spiro atoms. The molecule has 0 heterocycles. The van der Waals surface area contributed by atoms with Crippen molar-refractivity contribution in [3.63, 3.8) is 0 Å². The molecule has 3 N–H and O–H groups in total. The summed E-state index contributed by atoms with van der Waals surface area (Å²) in [6.45, 7) is 0. The molecule has 0 aliphatic heterocycles. The average molecular weight is 217 g/mol. The van der Waals surface area contributed by atoms with E-state index in [1.165, 1.54) is 0 Å². The van der Waals surface area contributed by atoms with E-state index in [0.717, 1.165) is 5.56 Å². The fourth-order valence-corrected chi connectivity index (χ4v) is 1.76. The van der Waals surface area contributed by atoms with Gasteiger partial charge in [0.2, 0.25) is 10.9 Å². The Morgan fingerprint density at radius 2 is 1.75 bits per heavy atom. The van der Waals surface area contributed by atoms with Crippen molar-refractivity contribution >= 4 is 0 Å². The first-order valence-electron chi connectivity index (χ1n) is 4.98. The fourth-order valence-electron chi connectivity index (χ4n) is 1.76. The van der Waals surface area contributed by atoms with Gasteiger partial charge in [0, 0.05) is 6.42 Å². The Hall–Kier alpha value is -1.94. The van der Waals surface area contributed by atoms with Crippen LogP contribution in [-0.4, -0.2) is 0 Å². The number of quaternary nitrogens is 1.